The number of sulfone groups is 1. The lowest BCUT2D eigenvalue weighted by molar-refractivity contribution is 0.0779. The van der Waals surface area contributed by atoms with Gasteiger partial charge in [-0.05, 0) is 46.5 Å². The van der Waals surface area contributed by atoms with Gasteiger partial charge in [0.05, 0.1) is 34.2 Å². The summed E-state index contributed by atoms with van der Waals surface area (Å²) in [5.41, 5.74) is -0.568. The van der Waals surface area contributed by atoms with Crippen molar-refractivity contribution in [3.63, 3.8) is 0 Å². The molecule has 2 fully saturated rings. The fourth-order valence-electron chi connectivity index (χ4n) is 2.86. The van der Waals surface area contributed by atoms with Crippen LogP contribution >= 0.6 is 0 Å². The second-order valence-electron chi connectivity index (χ2n) is 6.48. The van der Waals surface area contributed by atoms with Gasteiger partial charge in [0.2, 0.25) is 0 Å². The van der Waals surface area contributed by atoms with Gasteiger partial charge in [-0.1, -0.05) is 0 Å². The summed E-state index contributed by atoms with van der Waals surface area (Å²) >= 11 is 0. The van der Waals surface area contributed by atoms with Crippen molar-refractivity contribution in [2.75, 3.05) is 5.75 Å². The van der Waals surface area contributed by atoms with Crippen molar-refractivity contribution < 1.29 is 13.2 Å². The predicted octanol–water partition coefficient (Wildman–Crippen LogP) is 2.05. The number of fused-ring (bicyclic) bond motifs is 2. The predicted molar refractivity (Wildman–Crippen MR) is 68.7 cm³/mol. The first-order valence-corrected chi connectivity index (χ1v) is 8.14. The zero-order valence-electron chi connectivity index (χ0n) is 11.3. The number of ether oxygens (including phenoxy) is 1. The number of rotatable bonds is 3. The van der Waals surface area contributed by atoms with Gasteiger partial charge in [0.25, 0.3) is 0 Å². The summed E-state index contributed by atoms with van der Waals surface area (Å²) in [7, 11) is -3.16. The molecule has 5 heteroatoms. The lowest BCUT2D eigenvalue weighted by Crippen LogP contribution is -2.37. The molecule has 0 saturated carbocycles. The third kappa shape index (κ3) is 2.17. The Morgan fingerprint density at radius 1 is 1.39 bits per heavy atom. The standard InChI is InChI=1S/C13H21NO3S/c1-12(2,3)18(15,16)7-6-13(9-14)8-10-4-5-11(13)17-10/h10-11H,4-8H2,1-3H3. The Hall–Kier alpha value is -0.600. The van der Waals surface area contributed by atoms with E-state index in [9.17, 15) is 13.7 Å². The molecule has 2 rings (SSSR count). The molecule has 18 heavy (non-hydrogen) atoms. The molecule has 0 aromatic heterocycles. The third-order valence-electron chi connectivity index (χ3n) is 4.29. The van der Waals surface area contributed by atoms with Gasteiger partial charge in [-0.3, -0.25) is 0 Å². The number of hydrogen-bond acceptors (Lipinski definition) is 4. The molecule has 2 saturated heterocycles. The normalized spacial score (nSPS) is 35.7. The molecular formula is C13H21NO3S. The molecule has 0 N–H and O–H groups in total. The van der Waals surface area contributed by atoms with Crippen molar-refractivity contribution in [3.8, 4) is 6.07 Å². The Kier molecular flexibility index (Phi) is 3.23. The minimum atomic E-state index is -3.16. The van der Waals surface area contributed by atoms with Crippen LogP contribution < -0.4 is 0 Å². The minimum absolute atomic E-state index is 0.0531. The van der Waals surface area contributed by atoms with Gasteiger partial charge in [-0.15, -0.1) is 0 Å². The summed E-state index contributed by atoms with van der Waals surface area (Å²) in [5.74, 6) is 0.0800. The molecule has 2 aliphatic heterocycles. The first-order chi connectivity index (χ1) is 8.20. The molecule has 2 aliphatic rings. The minimum Gasteiger partial charge on any atom is -0.373 e. The molecule has 0 aromatic carbocycles. The Balaban J connectivity index is 2.09. The molecule has 2 bridgehead atoms. The molecular weight excluding hydrogens is 250 g/mol. The smallest absolute Gasteiger partial charge is 0.155 e. The van der Waals surface area contributed by atoms with Crippen molar-refractivity contribution in [3.05, 3.63) is 0 Å². The maximum Gasteiger partial charge on any atom is 0.155 e. The molecule has 2 heterocycles. The van der Waals surface area contributed by atoms with Crippen molar-refractivity contribution in [1.29, 1.82) is 5.26 Å². The van der Waals surface area contributed by atoms with Crippen LogP contribution in [0.1, 0.15) is 46.5 Å². The Morgan fingerprint density at radius 2 is 2.06 bits per heavy atom. The Morgan fingerprint density at radius 3 is 2.44 bits per heavy atom. The lowest BCUT2D eigenvalue weighted by atomic mass is 9.73. The van der Waals surface area contributed by atoms with E-state index in [0.717, 1.165) is 12.8 Å². The van der Waals surface area contributed by atoms with Gasteiger partial charge in [-0.2, -0.15) is 5.26 Å². The molecule has 3 atom stereocenters. The summed E-state index contributed by atoms with van der Waals surface area (Å²) in [6.45, 7) is 5.12. The van der Waals surface area contributed by atoms with Gasteiger partial charge in [0.1, 0.15) is 0 Å². The van der Waals surface area contributed by atoms with Crippen molar-refractivity contribution in [1.82, 2.24) is 0 Å². The number of nitriles is 1. The quantitative estimate of drug-likeness (QED) is 0.788. The summed E-state index contributed by atoms with van der Waals surface area (Å²) in [4.78, 5) is 0. The van der Waals surface area contributed by atoms with E-state index >= 15 is 0 Å². The Labute approximate surface area is 109 Å². The summed E-state index contributed by atoms with van der Waals surface area (Å²) < 4.78 is 29.2. The third-order valence-corrected chi connectivity index (χ3v) is 6.90. The summed E-state index contributed by atoms with van der Waals surface area (Å²) in [5, 5.41) is 9.41. The van der Waals surface area contributed by atoms with Crippen molar-refractivity contribution in [2.45, 2.75) is 63.4 Å². The molecule has 3 unspecified atom stereocenters. The van der Waals surface area contributed by atoms with Crippen LogP contribution in [-0.2, 0) is 14.6 Å². The first-order valence-electron chi connectivity index (χ1n) is 6.49. The van der Waals surface area contributed by atoms with E-state index in [1.54, 1.807) is 20.8 Å². The summed E-state index contributed by atoms with van der Waals surface area (Å²) in [6, 6.07) is 2.34. The topological polar surface area (TPSA) is 67.2 Å². The van der Waals surface area contributed by atoms with Gasteiger partial charge >= 0.3 is 0 Å². The van der Waals surface area contributed by atoms with E-state index in [2.05, 4.69) is 6.07 Å². The zero-order chi connectivity index (χ0) is 13.6. The van der Waals surface area contributed by atoms with Gasteiger partial charge in [0.15, 0.2) is 9.84 Å². The number of hydrogen-bond donors (Lipinski definition) is 0. The van der Waals surface area contributed by atoms with Crippen molar-refractivity contribution in [2.24, 2.45) is 5.41 Å². The second kappa shape index (κ2) is 4.21. The average Bonchev–Trinajstić information content (AvgIpc) is 2.85. The molecule has 0 radical (unpaired) electrons. The largest absolute Gasteiger partial charge is 0.373 e. The van der Waals surface area contributed by atoms with Crippen LogP contribution in [0.4, 0.5) is 0 Å². The highest BCUT2D eigenvalue weighted by molar-refractivity contribution is 7.92. The molecule has 0 aliphatic carbocycles. The fraction of sp³-hybridized carbons (Fsp3) is 0.923. The zero-order valence-corrected chi connectivity index (χ0v) is 12.1. The molecule has 102 valence electrons. The SMILES string of the molecule is CC(C)(C)S(=O)(=O)CCC1(C#N)CC2CCC1O2. The maximum absolute atomic E-state index is 12.1. The van der Waals surface area contributed by atoms with Crippen LogP contribution in [0.5, 0.6) is 0 Å². The van der Waals surface area contributed by atoms with Crippen LogP contribution in [0.2, 0.25) is 0 Å². The Bertz CT molecular complexity index is 471. The van der Waals surface area contributed by atoms with Crippen LogP contribution in [0.15, 0.2) is 0 Å². The summed E-state index contributed by atoms with van der Waals surface area (Å²) in [6.07, 6.45) is 3.14. The van der Waals surface area contributed by atoms with E-state index in [1.807, 2.05) is 0 Å². The van der Waals surface area contributed by atoms with Gasteiger partial charge in [-0.25, -0.2) is 8.42 Å². The average molecular weight is 271 g/mol. The van der Waals surface area contributed by atoms with E-state index in [4.69, 9.17) is 4.74 Å². The van der Waals surface area contributed by atoms with E-state index in [-0.39, 0.29) is 18.0 Å². The van der Waals surface area contributed by atoms with E-state index < -0.39 is 20.0 Å². The maximum atomic E-state index is 12.1. The van der Waals surface area contributed by atoms with Crippen LogP contribution in [0.3, 0.4) is 0 Å². The van der Waals surface area contributed by atoms with E-state index in [0.29, 0.717) is 12.8 Å². The first kappa shape index (κ1) is 13.8. The van der Waals surface area contributed by atoms with Crippen LogP contribution in [-0.4, -0.2) is 31.1 Å². The van der Waals surface area contributed by atoms with Crippen LogP contribution in [0.25, 0.3) is 0 Å². The molecule has 0 spiro atoms. The molecule has 0 amide bonds. The number of nitrogens with zero attached hydrogens (tertiary/aromatic N) is 1. The van der Waals surface area contributed by atoms with E-state index in [1.165, 1.54) is 0 Å². The van der Waals surface area contributed by atoms with Gasteiger partial charge < -0.3 is 4.74 Å². The molecule has 0 aromatic rings. The highest BCUT2D eigenvalue weighted by Gasteiger charge is 2.53. The highest BCUT2D eigenvalue weighted by Crippen LogP contribution is 2.49. The highest BCUT2D eigenvalue weighted by atomic mass is 32.2. The fourth-order valence-corrected chi connectivity index (χ4v) is 4.10. The van der Waals surface area contributed by atoms with Gasteiger partial charge in [0, 0.05) is 0 Å². The van der Waals surface area contributed by atoms with Crippen LogP contribution in [0, 0.1) is 16.7 Å². The molecule has 4 nitrogen and oxygen atoms in total. The lowest BCUT2D eigenvalue weighted by Gasteiger charge is -2.29. The second-order valence-corrected chi connectivity index (χ2v) is 9.34. The monoisotopic (exact) mass is 271 g/mol. The van der Waals surface area contributed by atoms with Crippen molar-refractivity contribution >= 4 is 9.84 Å².